The van der Waals surface area contributed by atoms with Crippen LogP contribution < -0.4 is 24.8 Å². The molecule has 0 aliphatic heterocycles. The maximum absolute atomic E-state index is 10.8. The normalized spacial score (nSPS) is 10.7. The Hall–Kier alpha value is -2.41. The first-order chi connectivity index (χ1) is 15.0. The van der Waals surface area contributed by atoms with E-state index in [1.807, 2.05) is 0 Å². The van der Waals surface area contributed by atoms with Gasteiger partial charge in [0.1, 0.15) is 0 Å². The van der Waals surface area contributed by atoms with E-state index in [4.69, 9.17) is 14.2 Å². The molecule has 0 unspecified atom stereocenters. The number of anilines is 1. The number of nitro benzene ring substituents is 1. The summed E-state index contributed by atoms with van der Waals surface area (Å²) in [6.45, 7) is 1.11. The Balaban J connectivity index is 0.00000512. The van der Waals surface area contributed by atoms with Crippen molar-refractivity contribution in [1.82, 2.24) is 5.32 Å². The molecular formula is C21H29IN4O5S. The Bertz CT molecular complexity index is 871. The summed E-state index contributed by atoms with van der Waals surface area (Å²) >= 11 is 1.78. The molecule has 176 valence electrons. The molecule has 2 N–H and O–H groups in total. The highest BCUT2D eigenvalue weighted by atomic mass is 127. The SMILES string of the molecule is COc1cc(NC(=NCc2ccc([N+](=O)[O-])cc2)NCCCSC)cc(OC)c1OC.I. The minimum atomic E-state index is -0.419. The van der Waals surface area contributed by atoms with Crippen LogP contribution in [0.1, 0.15) is 12.0 Å². The average Bonchev–Trinajstić information content (AvgIpc) is 2.79. The molecule has 11 heteroatoms. The lowest BCUT2D eigenvalue weighted by molar-refractivity contribution is -0.384. The van der Waals surface area contributed by atoms with Crippen LogP contribution in [-0.2, 0) is 6.54 Å². The number of nitrogens with zero attached hydrogens (tertiary/aromatic N) is 2. The number of benzene rings is 2. The van der Waals surface area contributed by atoms with Gasteiger partial charge in [-0.25, -0.2) is 4.99 Å². The van der Waals surface area contributed by atoms with Crippen molar-refractivity contribution in [3.63, 3.8) is 0 Å². The van der Waals surface area contributed by atoms with E-state index in [1.165, 1.54) is 12.1 Å². The molecule has 0 heterocycles. The number of hydrogen-bond donors (Lipinski definition) is 2. The number of methoxy groups -OCH3 is 3. The highest BCUT2D eigenvalue weighted by Crippen LogP contribution is 2.39. The fraction of sp³-hybridized carbons (Fsp3) is 0.381. The van der Waals surface area contributed by atoms with Crippen molar-refractivity contribution in [1.29, 1.82) is 0 Å². The molecule has 0 aromatic heterocycles. The van der Waals surface area contributed by atoms with Crippen LogP contribution in [0, 0.1) is 10.1 Å². The van der Waals surface area contributed by atoms with E-state index in [2.05, 4.69) is 21.9 Å². The van der Waals surface area contributed by atoms with Crippen LogP contribution >= 0.6 is 35.7 Å². The molecule has 0 saturated carbocycles. The minimum Gasteiger partial charge on any atom is -0.493 e. The van der Waals surface area contributed by atoms with Crippen LogP contribution in [0.25, 0.3) is 0 Å². The van der Waals surface area contributed by atoms with Crippen molar-refractivity contribution in [3.8, 4) is 17.2 Å². The molecule has 32 heavy (non-hydrogen) atoms. The van der Waals surface area contributed by atoms with Crippen molar-refractivity contribution < 1.29 is 19.1 Å². The zero-order valence-electron chi connectivity index (χ0n) is 18.5. The molecule has 0 aliphatic carbocycles. The molecule has 0 saturated heterocycles. The van der Waals surface area contributed by atoms with Crippen LogP contribution in [0.15, 0.2) is 41.4 Å². The molecule has 0 radical (unpaired) electrons. The molecule has 9 nitrogen and oxygen atoms in total. The van der Waals surface area contributed by atoms with Crippen molar-refractivity contribution in [3.05, 3.63) is 52.1 Å². The summed E-state index contributed by atoms with van der Waals surface area (Å²) in [7, 11) is 4.68. The zero-order valence-corrected chi connectivity index (χ0v) is 21.7. The first-order valence-corrected chi connectivity index (χ1v) is 11.0. The van der Waals surface area contributed by atoms with E-state index in [-0.39, 0.29) is 29.7 Å². The number of nitro groups is 1. The number of ether oxygens (including phenoxy) is 3. The second-order valence-electron chi connectivity index (χ2n) is 6.40. The lowest BCUT2D eigenvalue weighted by Gasteiger charge is -2.17. The first kappa shape index (κ1) is 27.6. The number of halogens is 1. The van der Waals surface area contributed by atoms with Gasteiger partial charge in [-0.2, -0.15) is 11.8 Å². The van der Waals surface area contributed by atoms with Gasteiger partial charge in [0.2, 0.25) is 5.75 Å². The molecule has 2 aromatic carbocycles. The monoisotopic (exact) mass is 576 g/mol. The first-order valence-electron chi connectivity index (χ1n) is 9.60. The summed E-state index contributed by atoms with van der Waals surface area (Å²) in [5.74, 6) is 3.18. The second-order valence-corrected chi connectivity index (χ2v) is 7.39. The summed E-state index contributed by atoms with van der Waals surface area (Å²) < 4.78 is 16.2. The number of aliphatic imine (C=N–C) groups is 1. The Kier molecular flexibility index (Phi) is 12.6. The maximum Gasteiger partial charge on any atom is 0.269 e. The largest absolute Gasteiger partial charge is 0.493 e. The quantitative estimate of drug-likeness (QED) is 0.100. The Labute approximate surface area is 209 Å². The Morgan fingerprint density at radius 1 is 1.09 bits per heavy atom. The Morgan fingerprint density at radius 3 is 2.22 bits per heavy atom. The smallest absolute Gasteiger partial charge is 0.269 e. The molecule has 0 atom stereocenters. The van der Waals surface area contributed by atoms with Crippen molar-refractivity contribution in [2.24, 2.45) is 4.99 Å². The molecule has 2 rings (SSSR count). The third-order valence-corrected chi connectivity index (χ3v) is 5.01. The zero-order chi connectivity index (χ0) is 22.6. The highest BCUT2D eigenvalue weighted by molar-refractivity contribution is 14.0. The van der Waals surface area contributed by atoms with Gasteiger partial charge in [0.05, 0.1) is 32.8 Å². The number of non-ortho nitro benzene ring substituents is 1. The minimum absolute atomic E-state index is 0. The Morgan fingerprint density at radius 2 is 1.72 bits per heavy atom. The third kappa shape index (κ3) is 8.26. The van der Waals surface area contributed by atoms with Crippen molar-refractivity contribution >= 4 is 53.1 Å². The molecule has 0 amide bonds. The number of hydrogen-bond acceptors (Lipinski definition) is 7. The van der Waals surface area contributed by atoms with Gasteiger partial charge in [-0.15, -0.1) is 24.0 Å². The van der Waals surface area contributed by atoms with E-state index >= 15 is 0 Å². The molecule has 0 fully saturated rings. The van der Waals surface area contributed by atoms with E-state index in [1.54, 1.807) is 57.4 Å². The van der Waals surface area contributed by atoms with Gasteiger partial charge in [-0.3, -0.25) is 10.1 Å². The topological polar surface area (TPSA) is 107 Å². The molecule has 0 aliphatic rings. The van der Waals surface area contributed by atoms with Gasteiger partial charge in [0, 0.05) is 36.5 Å². The highest BCUT2D eigenvalue weighted by Gasteiger charge is 2.14. The summed E-state index contributed by atoms with van der Waals surface area (Å²) in [5, 5.41) is 17.4. The molecule has 0 spiro atoms. The van der Waals surface area contributed by atoms with Crippen molar-refractivity contribution in [2.75, 3.05) is 45.2 Å². The van der Waals surface area contributed by atoms with Gasteiger partial charge in [0.15, 0.2) is 17.5 Å². The van der Waals surface area contributed by atoms with Crippen LogP contribution in [-0.4, -0.2) is 50.8 Å². The van der Waals surface area contributed by atoms with E-state index in [9.17, 15) is 10.1 Å². The summed E-state index contributed by atoms with van der Waals surface area (Å²) in [5.41, 5.74) is 1.63. The number of nitrogens with one attached hydrogen (secondary N) is 2. The second kappa shape index (κ2) is 14.6. The van der Waals surface area contributed by atoms with Gasteiger partial charge in [0.25, 0.3) is 5.69 Å². The fourth-order valence-corrected chi connectivity index (χ4v) is 3.18. The van der Waals surface area contributed by atoms with Crippen LogP contribution in [0.3, 0.4) is 0 Å². The van der Waals surface area contributed by atoms with Gasteiger partial charge in [-0.1, -0.05) is 12.1 Å². The van der Waals surface area contributed by atoms with Crippen LogP contribution in [0.4, 0.5) is 11.4 Å². The standard InChI is InChI=1S/C21H28N4O5S.HI/c1-28-18-12-16(13-19(29-2)20(18)30-3)24-21(22-10-5-11-31-4)23-14-15-6-8-17(9-7-15)25(26)27;/h6-9,12-13H,5,10-11,14H2,1-4H3,(H2,22,23,24);1H. The average molecular weight is 576 g/mol. The van der Waals surface area contributed by atoms with Crippen LogP contribution in [0.2, 0.25) is 0 Å². The van der Waals surface area contributed by atoms with E-state index < -0.39 is 4.92 Å². The van der Waals surface area contributed by atoms with E-state index in [0.717, 1.165) is 24.3 Å². The summed E-state index contributed by atoms with van der Waals surface area (Å²) in [4.78, 5) is 15.0. The molecule has 2 aromatic rings. The predicted molar refractivity (Wildman–Crippen MR) is 140 cm³/mol. The lowest BCUT2D eigenvalue weighted by Crippen LogP contribution is -2.32. The lowest BCUT2D eigenvalue weighted by atomic mass is 10.2. The van der Waals surface area contributed by atoms with Crippen LogP contribution in [0.5, 0.6) is 17.2 Å². The maximum atomic E-state index is 10.8. The molecule has 0 bridgehead atoms. The van der Waals surface area contributed by atoms with Gasteiger partial charge >= 0.3 is 0 Å². The van der Waals surface area contributed by atoms with Gasteiger partial charge < -0.3 is 24.8 Å². The summed E-state index contributed by atoms with van der Waals surface area (Å²) in [6, 6.07) is 9.95. The van der Waals surface area contributed by atoms with E-state index in [0.29, 0.717) is 35.4 Å². The van der Waals surface area contributed by atoms with Gasteiger partial charge in [-0.05, 0) is 24.0 Å². The third-order valence-electron chi connectivity index (χ3n) is 4.31. The predicted octanol–water partition coefficient (Wildman–Crippen LogP) is 4.55. The number of guanidine groups is 1. The fourth-order valence-electron chi connectivity index (χ4n) is 2.75. The number of rotatable bonds is 11. The van der Waals surface area contributed by atoms with Crippen molar-refractivity contribution in [2.45, 2.75) is 13.0 Å². The summed E-state index contributed by atoms with van der Waals surface area (Å²) in [6.07, 6.45) is 3.05. The molecular weight excluding hydrogens is 547 g/mol. The number of thioether (sulfide) groups is 1.